The number of hydrogen-bond donors (Lipinski definition) is 2. The first-order valence-corrected chi connectivity index (χ1v) is 7.91. The number of halogens is 2. The van der Waals surface area contributed by atoms with Gasteiger partial charge in [-0.25, -0.2) is 9.18 Å². The molecule has 1 heterocycles. The van der Waals surface area contributed by atoms with Crippen LogP contribution in [0.15, 0.2) is 23.4 Å². The van der Waals surface area contributed by atoms with Crippen molar-refractivity contribution in [3.05, 3.63) is 34.2 Å². The molecule has 9 heteroatoms. The van der Waals surface area contributed by atoms with E-state index in [0.29, 0.717) is 0 Å². The Labute approximate surface area is 149 Å². The lowest BCUT2D eigenvalue weighted by molar-refractivity contribution is -0.136. The highest BCUT2D eigenvalue weighted by atomic mass is 35.5. The smallest absolute Gasteiger partial charge is 0.337 e. The minimum absolute atomic E-state index is 0.0123. The van der Waals surface area contributed by atoms with Crippen LogP contribution in [0.4, 0.5) is 10.1 Å². The summed E-state index contributed by atoms with van der Waals surface area (Å²) in [6.45, 7) is 1.74. The molecule has 0 bridgehead atoms. The van der Waals surface area contributed by atoms with Crippen LogP contribution in [0.5, 0.6) is 5.75 Å². The summed E-state index contributed by atoms with van der Waals surface area (Å²) in [5, 5.41) is 11.8. The molecule has 0 aliphatic carbocycles. The van der Waals surface area contributed by atoms with E-state index in [2.05, 4.69) is 10.1 Å². The molecule has 0 atom stereocenters. The Morgan fingerprint density at radius 2 is 2.20 bits per heavy atom. The van der Waals surface area contributed by atoms with Crippen molar-refractivity contribution in [2.75, 3.05) is 38.7 Å². The lowest BCUT2D eigenvalue weighted by atomic mass is 10.2. The molecule has 0 saturated carbocycles. The van der Waals surface area contributed by atoms with Crippen molar-refractivity contribution in [3.8, 4) is 5.75 Å². The summed E-state index contributed by atoms with van der Waals surface area (Å²) in [4.78, 5) is 25.6. The van der Waals surface area contributed by atoms with Crippen molar-refractivity contribution in [2.45, 2.75) is 6.92 Å². The molecule has 2 N–H and O–H groups in total. The molecule has 1 aliphatic rings. The third-order valence-electron chi connectivity index (χ3n) is 3.51. The first-order valence-electron chi connectivity index (χ1n) is 7.53. The van der Waals surface area contributed by atoms with E-state index in [1.807, 2.05) is 0 Å². The molecule has 7 nitrogen and oxygen atoms in total. The van der Waals surface area contributed by atoms with Gasteiger partial charge in [0.15, 0.2) is 11.6 Å². The maximum atomic E-state index is 14.1. The number of esters is 1. The molecular weight excluding hydrogens is 355 g/mol. The number of β-amino-alcohol motifs (C(OH)–C–C–N with tert-alkyl or cyclic N) is 1. The summed E-state index contributed by atoms with van der Waals surface area (Å²) in [5.74, 6) is -1.97. The average molecular weight is 373 g/mol. The van der Waals surface area contributed by atoms with Crippen molar-refractivity contribution in [3.63, 3.8) is 0 Å². The number of methoxy groups -OCH3 is 1. The van der Waals surface area contributed by atoms with Crippen LogP contribution in [-0.2, 0) is 14.3 Å². The van der Waals surface area contributed by atoms with Crippen LogP contribution in [0.1, 0.15) is 6.92 Å². The van der Waals surface area contributed by atoms with Gasteiger partial charge in [-0.3, -0.25) is 4.79 Å². The molecule has 1 aromatic rings. The standard InChI is InChI=1S/C16H18ClFN2O5/c1-3-25-14-11(17)6-9(7-12(14)18)19-13-10(16(23)24-2)8-20(4-5-21)15(13)22/h6-7,19,21H,3-5,8H2,1-2H3. The molecule has 0 aromatic heterocycles. The Balaban J connectivity index is 2.35. The van der Waals surface area contributed by atoms with Crippen LogP contribution in [-0.4, -0.2) is 55.3 Å². The molecule has 0 radical (unpaired) electrons. The number of nitrogens with one attached hydrogen (secondary N) is 1. The summed E-state index contributed by atoms with van der Waals surface area (Å²) in [6, 6.07) is 2.50. The quantitative estimate of drug-likeness (QED) is 0.706. The summed E-state index contributed by atoms with van der Waals surface area (Å²) in [5.41, 5.74) is 0.229. The zero-order chi connectivity index (χ0) is 18.6. The molecule has 25 heavy (non-hydrogen) atoms. The molecule has 0 spiro atoms. The van der Waals surface area contributed by atoms with E-state index in [0.717, 1.165) is 6.07 Å². The minimum atomic E-state index is -0.699. The van der Waals surface area contributed by atoms with E-state index in [4.69, 9.17) is 21.4 Å². The lowest BCUT2D eigenvalue weighted by Crippen LogP contribution is -2.31. The predicted octanol–water partition coefficient (Wildman–Crippen LogP) is 1.55. The zero-order valence-electron chi connectivity index (χ0n) is 13.8. The van der Waals surface area contributed by atoms with Gasteiger partial charge in [0, 0.05) is 18.3 Å². The fourth-order valence-electron chi connectivity index (χ4n) is 2.41. The number of amides is 1. The van der Waals surface area contributed by atoms with E-state index >= 15 is 0 Å². The third kappa shape index (κ3) is 4.02. The lowest BCUT2D eigenvalue weighted by Gasteiger charge is -2.15. The van der Waals surface area contributed by atoms with Crippen molar-refractivity contribution in [1.29, 1.82) is 0 Å². The van der Waals surface area contributed by atoms with Gasteiger partial charge in [0.25, 0.3) is 5.91 Å². The number of carbonyl (C=O) groups excluding carboxylic acids is 2. The summed E-state index contributed by atoms with van der Waals surface area (Å²) >= 11 is 6.00. The number of hydrogen-bond acceptors (Lipinski definition) is 6. The molecular formula is C16H18ClFN2O5. The Bertz CT molecular complexity index is 699. The van der Waals surface area contributed by atoms with Crippen LogP contribution >= 0.6 is 11.6 Å². The Kier molecular flexibility index (Phi) is 6.22. The summed E-state index contributed by atoms with van der Waals surface area (Å²) < 4.78 is 23.9. The fourth-order valence-corrected chi connectivity index (χ4v) is 2.67. The molecule has 136 valence electrons. The first-order chi connectivity index (χ1) is 11.9. The second-order valence-corrected chi connectivity index (χ2v) is 5.53. The van der Waals surface area contributed by atoms with Crippen LogP contribution in [0, 0.1) is 5.82 Å². The highest BCUT2D eigenvalue weighted by Gasteiger charge is 2.34. The molecule has 2 rings (SSSR count). The van der Waals surface area contributed by atoms with Crippen LogP contribution < -0.4 is 10.1 Å². The monoisotopic (exact) mass is 372 g/mol. The van der Waals surface area contributed by atoms with Gasteiger partial charge in [0.2, 0.25) is 0 Å². The molecule has 0 saturated heterocycles. The van der Waals surface area contributed by atoms with Gasteiger partial charge in [0.05, 0.1) is 37.5 Å². The van der Waals surface area contributed by atoms with E-state index in [-0.39, 0.29) is 54.0 Å². The first kappa shape index (κ1) is 19.0. The van der Waals surface area contributed by atoms with Gasteiger partial charge in [-0.05, 0) is 13.0 Å². The molecule has 0 fully saturated rings. The average Bonchev–Trinajstić information content (AvgIpc) is 2.87. The Morgan fingerprint density at radius 1 is 1.48 bits per heavy atom. The largest absolute Gasteiger partial charge is 0.489 e. The second kappa shape index (κ2) is 8.17. The third-order valence-corrected chi connectivity index (χ3v) is 3.79. The normalized spacial score (nSPS) is 14.1. The minimum Gasteiger partial charge on any atom is -0.489 e. The van der Waals surface area contributed by atoms with E-state index in [9.17, 15) is 14.0 Å². The van der Waals surface area contributed by atoms with Crippen LogP contribution in [0.3, 0.4) is 0 Å². The second-order valence-electron chi connectivity index (χ2n) is 5.12. The van der Waals surface area contributed by atoms with E-state index in [1.165, 1.54) is 18.1 Å². The van der Waals surface area contributed by atoms with E-state index in [1.54, 1.807) is 6.92 Å². The molecule has 1 amide bonds. The number of ether oxygens (including phenoxy) is 2. The number of nitrogens with zero attached hydrogens (tertiary/aromatic N) is 1. The Hall–Kier alpha value is -2.32. The van der Waals surface area contributed by atoms with Gasteiger partial charge in [-0.2, -0.15) is 0 Å². The summed E-state index contributed by atoms with van der Waals surface area (Å²) in [6.07, 6.45) is 0. The number of aliphatic hydroxyl groups excluding tert-OH is 1. The number of aliphatic hydroxyl groups is 1. The van der Waals surface area contributed by atoms with E-state index < -0.39 is 17.7 Å². The number of carbonyl (C=O) groups is 2. The maximum Gasteiger partial charge on any atom is 0.337 e. The summed E-state index contributed by atoms with van der Waals surface area (Å²) in [7, 11) is 1.19. The van der Waals surface area contributed by atoms with Crippen LogP contribution in [0.2, 0.25) is 5.02 Å². The number of anilines is 1. The fraction of sp³-hybridized carbons (Fsp3) is 0.375. The molecule has 0 unspecified atom stereocenters. The number of benzene rings is 1. The zero-order valence-corrected chi connectivity index (χ0v) is 14.5. The molecule has 1 aliphatic heterocycles. The van der Waals surface area contributed by atoms with Crippen molar-refractivity contribution in [2.24, 2.45) is 0 Å². The van der Waals surface area contributed by atoms with Crippen molar-refractivity contribution in [1.82, 2.24) is 4.90 Å². The topological polar surface area (TPSA) is 88.1 Å². The van der Waals surface area contributed by atoms with Gasteiger partial charge < -0.3 is 24.8 Å². The highest BCUT2D eigenvalue weighted by Crippen LogP contribution is 2.33. The predicted molar refractivity (Wildman–Crippen MR) is 88.9 cm³/mol. The van der Waals surface area contributed by atoms with Gasteiger partial charge in [0.1, 0.15) is 5.70 Å². The van der Waals surface area contributed by atoms with Gasteiger partial charge >= 0.3 is 5.97 Å². The SMILES string of the molecule is CCOc1c(F)cc(NC2=C(C(=O)OC)CN(CCO)C2=O)cc1Cl. The molecule has 1 aromatic carbocycles. The number of rotatable bonds is 7. The van der Waals surface area contributed by atoms with Crippen LogP contribution in [0.25, 0.3) is 0 Å². The highest BCUT2D eigenvalue weighted by molar-refractivity contribution is 6.32. The van der Waals surface area contributed by atoms with Crippen molar-refractivity contribution >= 4 is 29.2 Å². The van der Waals surface area contributed by atoms with Gasteiger partial charge in [-0.15, -0.1) is 0 Å². The maximum absolute atomic E-state index is 14.1. The van der Waals surface area contributed by atoms with Gasteiger partial charge in [-0.1, -0.05) is 11.6 Å². The van der Waals surface area contributed by atoms with Crippen molar-refractivity contribution < 1.29 is 28.6 Å². The Morgan fingerprint density at radius 3 is 2.76 bits per heavy atom.